The number of hydrogen-bond acceptors (Lipinski definition) is 3. The van der Waals surface area contributed by atoms with Crippen LogP contribution in [0.5, 0.6) is 0 Å². The molecule has 1 aliphatic carbocycles. The minimum atomic E-state index is -1.31. The van der Waals surface area contributed by atoms with Crippen LogP contribution in [0, 0.1) is 0 Å². The van der Waals surface area contributed by atoms with Gasteiger partial charge < -0.3 is 0 Å². The number of fused-ring (bicyclic) bond motifs is 1. The molecule has 0 saturated heterocycles. The first-order chi connectivity index (χ1) is 8.55. The summed E-state index contributed by atoms with van der Waals surface area (Å²) >= 11 is 3.33. The van der Waals surface area contributed by atoms with E-state index >= 15 is 0 Å². The topological polar surface area (TPSA) is 52.0 Å². The molecule has 0 atom stereocenters. The van der Waals surface area contributed by atoms with E-state index in [4.69, 9.17) is 0 Å². The van der Waals surface area contributed by atoms with E-state index in [9.17, 15) is 9.59 Å². The molecule has 90 valence electrons. The summed E-state index contributed by atoms with van der Waals surface area (Å²) in [7, 11) is 1.75. The fourth-order valence-electron chi connectivity index (χ4n) is 2.21. The minimum absolute atomic E-state index is 0.226. The van der Waals surface area contributed by atoms with Crippen molar-refractivity contribution in [2.75, 3.05) is 0 Å². The van der Waals surface area contributed by atoms with E-state index in [0.717, 1.165) is 0 Å². The summed E-state index contributed by atoms with van der Waals surface area (Å²) in [5.41, 5.74) is 1.49. The second-order valence-electron chi connectivity index (χ2n) is 4.26. The van der Waals surface area contributed by atoms with Gasteiger partial charge in [0.1, 0.15) is 0 Å². The third kappa shape index (κ3) is 1.28. The quantitative estimate of drug-likeness (QED) is 0.599. The number of rotatable bonds is 1. The standard InChI is InChI=1S/C13H9BrN2O2/c1-16-7-8(6-15-16)13(14)11(17)9-4-2-3-5-10(9)12(13)18/h2-7H,1H3. The monoisotopic (exact) mass is 304 g/mol. The number of benzene rings is 1. The van der Waals surface area contributed by atoms with E-state index in [1.807, 2.05) is 0 Å². The number of alkyl halides is 1. The van der Waals surface area contributed by atoms with Crippen LogP contribution in [-0.4, -0.2) is 21.3 Å². The van der Waals surface area contributed by atoms with Crippen molar-refractivity contribution in [3.63, 3.8) is 0 Å². The lowest BCUT2D eigenvalue weighted by Crippen LogP contribution is -2.31. The van der Waals surface area contributed by atoms with E-state index in [0.29, 0.717) is 16.7 Å². The van der Waals surface area contributed by atoms with E-state index in [2.05, 4.69) is 21.0 Å². The molecule has 0 saturated carbocycles. The first-order valence-corrected chi connectivity index (χ1v) is 6.21. The fourth-order valence-corrected chi connectivity index (χ4v) is 2.85. The molecule has 0 fully saturated rings. The first-order valence-electron chi connectivity index (χ1n) is 5.42. The summed E-state index contributed by atoms with van der Waals surface area (Å²) in [6.45, 7) is 0. The van der Waals surface area contributed by atoms with Crippen molar-refractivity contribution >= 4 is 27.5 Å². The Morgan fingerprint density at radius 1 is 1.17 bits per heavy atom. The molecule has 0 aliphatic heterocycles. The molecule has 0 radical (unpaired) electrons. The molecule has 3 rings (SSSR count). The molecule has 0 bridgehead atoms. The highest BCUT2D eigenvalue weighted by molar-refractivity contribution is 9.10. The molecule has 0 amide bonds. The number of Topliss-reactive ketones (excluding diaryl/α,β-unsaturated/α-hetero) is 2. The normalized spacial score (nSPS) is 17.0. The Morgan fingerprint density at radius 3 is 2.17 bits per heavy atom. The molecule has 18 heavy (non-hydrogen) atoms. The lowest BCUT2D eigenvalue weighted by atomic mass is 9.97. The maximum absolute atomic E-state index is 12.4. The Kier molecular flexibility index (Phi) is 2.28. The maximum Gasteiger partial charge on any atom is 0.192 e. The highest BCUT2D eigenvalue weighted by atomic mass is 79.9. The van der Waals surface area contributed by atoms with Gasteiger partial charge in [-0.15, -0.1) is 0 Å². The van der Waals surface area contributed by atoms with Gasteiger partial charge in [0.2, 0.25) is 0 Å². The molecule has 0 unspecified atom stereocenters. The average Bonchev–Trinajstić information content (AvgIpc) is 2.89. The van der Waals surface area contributed by atoms with E-state index in [1.54, 1.807) is 42.2 Å². The summed E-state index contributed by atoms with van der Waals surface area (Å²) in [4.78, 5) is 24.9. The van der Waals surface area contributed by atoms with Gasteiger partial charge in [-0.1, -0.05) is 40.2 Å². The zero-order valence-corrected chi connectivity index (χ0v) is 11.1. The number of carbonyl (C=O) groups excluding carboxylic acids is 2. The number of aromatic nitrogens is 2. The molecule has 1 aliphatic rings. The maximum atomic E-state index is 12.4. The third-order valence-corrected chi connectivity index (χ3v) is 4.32. The summed E-state index contributed by atoms with van der Waals surface area (Å²) < 4.78 is 0.257. The van der Waals surface area contributed by atoms with Crippen molar-refractivity contribution in [1.82, 2.24) is 9.78 Å². The van der Waals surface area contributed by atoms with Crippen LogP contribution < -0.4 is 0 Å². The van der Waals surface area contributed by atoms with Gasteiger partial charge in [-0.05, 0) is 0 Å². The predicted octanol–water partition coefficient (Wildman–Crippen LogP) is 2.09. The fraction of sp³-hybridized carbons (Fsp3) is 0.154. The van der Waals surface area contributed by atoms with Gasteiger partial charge in [-0.2, -0.15) is 5.10 Å². The van der Waals surface area contributed by atoms with Crippen LogP contribution in [0.3, 0.4) is 0 Å². The van der Waals surface area contributed by atoms with Crippen LogP contribution in [0.1, 0.15) is 26.3 Å². The number of aryl methyl sites for hydroxylation is 1. The summed E-state index contributed by atoms with van der Waals surface area (Å²) in [6, 6.07) is 6.86. The van der Waals surface area contributed by atoms with E-state index in [1.165, 1.54) is 6.20 Å². The number of hydrogen-bond donors (Lipinski definition) is 0. The molecule has 2 aromatic rings. The zero-order chi connectivity index (χ0) is 12.9. The summed E-state index contributed by atoms with van der Waals surface area (Å²) in [5.74, 6) is -0.452. The lowest BCUT2D eigenvalue weighted by Gasteiger charge is -2.15. The molecule has 5 heteroatoms. The lowest BCUT2D eigenvalue weighted by molar-refractivity contribution is 0.0871. The van der Waals surface area contributed by atoms with Crippen molar-refractivity contribution in [1.29, 1.82) is 0 Å². The van der Waals surface area contributed by atoms with E-state index < -0.39 is 4.32 Å². The van der Waals surface area contributed by atoms with Crippen LogP contribution in [0.15, 0.2) is 36.7 Å². The number of ketones is 2. The van der Waals surface area contributed by atoms with Gasteiger partial charge in [-0.25, -0.2) is 0 Å². The average molecular weight is 305 g/mol. The minimum Gasteiger partial charge on any atom is -0.292 e. The predicted molar refractivity (Wildman–Crippen MR) is 68.9 cm³/mol. The number of halogens is 1. The summed E-state index contributed by atoms with van der Waals surface area (Å²) in [5, 5.41) is 4.02. The Hall–Kier alpha value is -1.75. The highest BCUT2D eigenvalue weighted by Crippen LogP contribution is 2.44. The van der Waals surface area contributed by atoms with Crippen LogP contribution in [0.4, 0.5) is 0 Å². The van der Waals surface area contributed by atoms with Gasteiger partial charge in [0, 0.05) is 29.9 Å². The number of nitrogens with zero attached hydrogens (tertiary/aromatic N) is 2. The van der Waals surface area contributed by atoms with Crippen molar-refractivity contribution < 1.29 is 9.59 Å². The van der Waals surface area contributed by atoms with Gasteiger partial charge in [0.15, 0.2) is 15.9 Å². The van der Waals surface area contributed by atoms with Crippen molar-refractivity contribution in [2.45, 2.75) is 4.32 Å². The van der Waals surface area contributed by atoms with Crippen LogP contribution in [0.25, 0.3) is 0 Å². The second-order valence-corrected chi connectivity index (χ2v) is 5.45. The third-order valence-electron chi connectivity index (χ3n) is 3.14. The smallest absolute Gasteiger partial charge is 0.192 e. The van der Waals surface area contributed by atoms with Crippen LogP contribution in [-0.2, 0) is 11.4 Å². The van der Waals surface area contributed by atoms with Gasteiger partial charge in [-0.3, -0.25) is 14.3 Å². The SMILES string of the molecule is Cn1cc(C2(Br)C(=O)c3ccccc3C2=O)cn1. The zero-order valence-electron chi connectivity index (χ0n) is 9.55. The highest BCUT2D eigenvalue weighted by Gasteiger charge is 2.53. The Balaban J connectivity index is 2.22. The molecule has 1 heterocycles. The molecule has 1 aromatic carbocycles. The largest absolute Gasteiger partial charge is 0.292 e. The Bertz CT molecular complexity index is 640. The van der Waals surface area contributed by atoms with Crippen molar-refractivity contribution in [2.24, 2.45) is 7.05 Å². The Labute approximate surface area is 112 Å². The van der Waals surface area contributed by atoms with Crippen molar-refractivity contribution in [3.8, 4) is 0 Å². The van der Waals surface area contributed by atoms with Crippen LogP contribution in [0.2, 0.25) is 0 Å². The Morgan fingerprint density at radius 2 is 1.72 bits per heavy atom. The molecular formula is C13H9BrN2O2. The molecule has 0 spiro atoms. The second kappa shape index (κ2) is 3.62. The van der Waals surface area contributed by atoms with Gasteiger partial charge >= 0.3 is 0 Å². The van der Waals surface area contributed by atoms with E-state index in [-0.39, 0.29) is 11.6 Å². The first kappa shape index (κ1) is 11.3. The van der Waals surface area contributed by atoms with Gasteiger partial charge in [0.25, 0.3) is 0 Å². The molecular weight excluding hydrogens is 296 g/mol. The van der Waals surface area contributed by atoms with Crippen LogP contribution >= 0.6 is 15.9 Å². The molecule has 4 nitrogen and oxygen atoms in total. The summed E-state index contributed by atoms with van der Waals surface area (Å²) in [6.07, 6.45) is 3.22. The van der Waals surface area contributed by atoms with Gasteiger partial charge in [0.05, 0.1) is 6.20 Å². The molecule has 0 N–H and O–H groups in total. The molecule has 1 aromatic heterocycles. The van der Waals surface area contributed by atoms with Crippen molar-refractivity contribution in [3.05, 3.63) is 53.3 Å². The number of carbonyl (C=O) groups is 2.